The normalized spacial score (nSPS) is 10.6. The van der Waals surface area contributed by atoms with E-state index in [9.17, 15) is 9.59 Å². The number of amides is 1. The molecule has 7 heteroatoms. The number of benzene rings is 3. The maximum Gasteiger partial charge on any atom is 0.271 e. The van der Waals surface area contributed by atoms with Crippen LogP contribution in [0.5, 0.6) is 5.88 Å². The molecule has 0 radical (unpaired) electrons. The Labute approximate surface area is 196 Å². The number of carbonyl (C=O) groups is 1. The average molecular weight is 460 g/mol. The van der Waals surface area contributed by atoms with Gasteiger partial charge in [-0.15, -0.1) is 5.10 Å². The van der Waals surface area contributed by atoms with Crippen LogP contribution in [0.3, 0.4) is 0 Å². The molecule has 1 amide bonds. The largest absolute Gasteiger partial charge is 0.472 e. The molecule has 1 aromatic heterocycles. The van der Waals surface area contributed by atoms with Gasteiger partial charge in [-0.2, -0.15) is 4.68 Å². The topological polar surface area (TPSA) is 73.2 Å². The second-order valence-corrected chi connectivity index (χ2v) is 8.10. The van der Waals surface area contributed by atoms with Crippen molar-refractivity contribution in [1.29, 1.82) is 0 Å². The number of rotatable bonds is 6. The minimum absolute atomic E-state index is 0.262. The summed E-state index contributed by atoms with van der Waals surface area (Å²) in [6, 6.07) is 22.8. The third-order valence-electron chi connectivity index (χ3n) is 5.06. The molecule has 33 heavy (non-hydrogen) atoms. The molecule has 4 rings (SSSR count). The first-order valence-electron chi connectivity index (χ1n) is 10.4. The first kappa shape index (κ1) is 22.3. The smallest absolute Gasteiger partial charge is 0.271 e. The molecule has 0 saturated heterocycles. The van der Waals surface area contributed by atoms with E-state index in [1.54, 1.807) is 48.5 Å². The van der Waals surface area contributed by atoms with E-state index >= 15 is 0 Å². The summed E-state index contributed by atoms with van der Waals surface area (Å²) in [5.41, 5.74) is 4.39. The Bertz CT molecular complexity index is 1360. The van der Waals surface area contributed by atoms with Crippen molar-refractivity contribution in [2.24, 2.45) is 0 Å². The van der Waals surface area contributed by atoms with Crippen molar-refractivity contribution in [2.45, 2.75) is 20.5 Å². The van der Waals surface area contributed by atoms with Crippen molar-refractivity contribution < 1.29 is 9.53 Å². The van der Waals surface area contributed by atoms with Gasteiger partial charge in [-0.25, -0.2) is 0 Å². The maximum absolute atomic E-state index is 12.6. The molecule has 3 aromatic carbocycles. The van der Waals surface area contributed by atoms with Gasteiger partial charge in [0.05, 0.1) is 5.69 Å². The van der Waals surface area contributed by atoms with Crippen LogP contribution in [-0.4, -0.2) is 15.7 Å². The van der Waals surface area contributed by atoms with Crippen LogP contribution in [0.15, 0.2) is 83.7 Å². The molecule has 0 bridgehead atoms. The van der Waals surface area contributed by atoms with E-state index in [1.807, 2.05) is 38.1 Å². The second kappa shape index (κ2) is 9.71. The third-order valence-corrected chi connectivity index (χ3v) is 5.29. The zero-order chi connectivity index (χ0) is 23.4. The number of hydrogen-bond acceptors (Lipinski definition) is 4. The molecule has 0 fully saturated rings. The van der Waals surface area contributed by atoms with Gasteiger partial charge in [-0.05, 0) is 67.4 Å². The Hall–Kier alpha value is -3.90. The quantitative estimate of drug-likeness (QED) is 0.422. The molecule has 0 saturated carbocycles. The van der Waals surface area contributed by atoms with Gasteiger partial charge in [0.25, 0.3) is 11.5 Å². The number of hydrogen-bond donors (Lipinski definition) is 1. The van der Waals surface area contributed by atoms with Gasteiger partial charge in [0.2, 0.25) is 5.88 Å². The fourth-order valence-corrected chi connectivity index (χ4v) is 3.56. The van der Waals surface area contributed by atoms with Crippen LogP contribution in [0.1, 0.15) is 27.0 Å². The van der Waals surface area contributed by atoms with E-state index in [4.69, 9.17) is 16.3 Å². The van der Waals surface area contributed by atoms with Crippen molar-refractivity contribution in [3.05, 3.63) is 116 Å². The molecule has 0 atom stereocenters. The SMILES string of the molecule is Cc1cccc(COc2ccc(=O)n(-c3ccc(C(=O)Nc4ccc(Cl)cc4C)cc3)n2)c1. The Kier molecular flexibility index (Phi) is 6.56. The van der Waals surface area contributed by atoms with Gasteiger partial charge in [0, 0.05) is 28.4 Å². The summed E-state index contributed by atoms with van der Waals surface area (Å²) in [6.45, 7) is 4.23. The van der Waals surface area contributed by atoms with Gasteiger partial charge < -0.3 is 10.1 Å². The first-order valence-corrected chi connectivity index (χ1v) is 10.7. The molecule has 0 aliphatic carbocycles. The number of nitrogens with one attached hydrogen (secondary N) is 1. The molecule has 166 valence electrons. The van der Waals surface area contributed by atoms with E-state index < -0.39 is 0 Å². The predicted octanol–water partition coefficient (Wildman–Crippen LogP) is 5.33. The Balaban J connectivity index is 1.49. The lowest BCUT2D eigenvalue weighted by atomic mass is 10.1. The monoisotopic (exact) mass is 459 g/mol. The van der Waals surface area contributed by atoms with E-state index in [-0.39, 0.29) is 11.5 Å². The van der Waals surface area contributed by atoms with Crippen LogP contribution in [0.25, 0.3) is 5.69 Å². The zero-order valence-electron chi connectivity index (χ0n) is 18.2. The molecule has 6 nitrogen and oxygen atoms in total. The third kappa shape index (κ3) is 5.48. The second-order valence-electron chi connectivity index (χ2n) is 7.66. The Morgan fingerprint density at radius 2 is 1.79 bits per heavy atom. The van der Waals surface area contributed by atoms with Crippen molar-refractivity contribution >= 4 is 23.2 Å². The number of aryl methyl sites for hydroxylation is 2. The number of halogens is 1. The molecular formula is C26H22ClN3O3. The summed E-state index contributed by atoms with van der Waals surface area (Å²) in [5.74, 6) is 0.0682. The molecule has 4 aromatic rings. The highest BCUT2D eigenvalue weighted by atomic mass is 35.5. The number of nitrogens with zero attached hydrogens (tertiary/aromatic N) is 2. The minimum atomic E-state index is -0.299. The van der Waals surface area contributed by atoms with Crippen LogP contribution in [0.4, 0.5) is 5.69 Å². The summed E-state index contributed by atoms with van der Waals surface area (Å²) in [4.78, 5) is 25.0. The van der Waals surface area contributed by atoms with Gasteiger partial charge in [-0.3, -0.25) is 9.59 Å². The van der Waals surface area contributed by atoms with Crippen LogP contribution >= 0.6 is 11.6 Å². The van der Waals surface area contributed by atoms with Gasteiger partial charge in [0.15, 0.2) is 0 Å². The fraction of sp³-hybridized carbons (Fsp3) is 0.115. The number of anilines is 1. The lowest BCUT2D eigenvalue weighted by molar-refractivity contribution is 0.102. The van der Waals surface area contributed by atoms with Crippen LogP contribution in [0, 0.1) is 13.8 Å². The molecule has 0 aliphatic heterocycles. The van der Waals surface area contributed by atoms with Crippen LogP contribution < -0.4 is 15.6 Å². The van der Waals surface area contributed by atoms with Gasteiger partial charge in [-0.1, -0.05) is 41.4 Å². The molecule has 1 heterocycles. The molecule has 0 spiro atoms. The number of aromatic nitrogens is 2. The highest BCUT2D eigenvalue weighted by Gasteiger charge is 2.10. The maximum atomic E-state index is 12.6. The highest BCUT2D eigenvalue weighted by molar-refractivity contribution is 6.30. The predicted molar refractivity (Wildman–Crippen MR) is 129 cm³/mol. The first-order chi connectivity index (χ1) is 15.9. The fourth-order valence-electron chi connectivity index (χ4n) is 3.33. The van der Waals surface area contributed by atoms with Gasteiger partial charge >= 0.3 is 0 Å². The highest BCUT2D eigenvalue weighted by Crippen LogP contribution is 2.20. The van der Waals surface area contributed by atoms with Crippen LogP contribution in [0.2, 0.25) is 5.02 Å². The van der Waals surface area contributed by atoms with Crippen LogP contribution in [-0.2, 0) is 6.61 Å². The van der Waals surface area contributed by atoms with E-state index in [0.717, 1.165) is 16.7 Å². The summed E-state index contributed by atoms with van der Waals surface area (Å²) >= 11 is 5.97. The lowest BCUT2D eigenvalue weighted by Crippen LogP contribution is -2.21. The minimum Gasteiger partial charge on any atom is -0.472 e. The summed E-state index contributed by atoms with van der Waals surface area (Å²) < 4.78 is 7.01. The zero-order valence-corrected chi connectivity index (χ0v) is 19.0. The van der Waals surface area contributed by atoms with Gasteiger partial charge in [0.1, 0.15) is 6.61 Å². The number of carbonyl (C=O) groups excluding carboxylic acids is 1. The van der Waals surface area contributed by atoms with E-state index in [1.165, 1.54) is 10.7 Å². The summed E-state index contributed by atoms with van der Waals surface area (Å²) in [6.07, 6.45) is 0. The number of ether oxygens (including phenoxy) is 1. The standard InChI is InChI=1S/C26H22ClN3O3/c1-17-4-3-5-19(14-17)16-33-24-12-13-25(31)30(29-24)22-9-6-20(7-10-22)26(32)28-23-11-8-21(27)15-18(23)2/h3-15H,16H2,1-2H3,(H,28,32). The van der Waals surface area contributed by atoms with Crippen molar-refractivity contribution in [1.82, 2.24) is 9.78 Å². The molecule has 0 unspecified atom stereocenters. The molecular weight excluding hydrogens is 438 g/mol. The Morgan fingerprint density at radius 1 is 1.00 bits per heavy atom. The Morgan fingerprint density at radius 3 is 2.52 bits per heavy atom. The van der Waals surface area contributed by atoms with E-state index in [0.29, 0.717) is 34.4 Å². The van der Waals surface area contributed by atoms with Crippen molar-refractivity contribution in [2.75, 3.05) is 5.32 Å². The average Bonchev–Trinajstić information content (AvgIpc) is 2.80. The molecule has 1 N–H and O–H groups in total. The lowest BCUT2D eigenvalue weighted by Gasteiger charge is -2.11. The summed E-state index contributed by atoms with van der Waals surface area (Å²) in [7, 11) is 0. The summed E-state index contributed by atoms with van der Waals surface area (Å²) in [5, 5.41) is 7.79. The van der Waals surface area contributed by atoms with Crippen molar-refractivity contribution in [3.63, 3.8) is 0 Å². The van der Waals surface area contributed by atoms with E-state index in [2.05, 4.69) is 10.4 Å². The molecule has 0 aliphatic rings. The van der Waals surface area contributed by atoms with Crippen molar-refractivity contribution in [3.8, 4) is 11.6 Å².